The maximum atomic E-state index is 13.3. The smallest absolute Gasteiger partial charge is 0.410 e. The summed E-state index contributed by atoms with van der Waals surface area (Å²) in [6.07, 6.45) is 11.1. The number of nitrogens with zero attached hydrogens (tertiary/aromatic N) is 3. The molecule has 1 aromatic carbocycles. The molecule has 2 bridgehead atoms. The van der Waals surface area contributed by atoms with Gasteiger partial charge >= 0.3 is 12.1 Å². The molecule has 2 unspecified atom stereocenters. The molecule has 4 heterocycles. The van der Waals surface area contributed by atoms with Crippen molar-refractivity contribution in [3.05, 3.63) is 35.4 Å². The van der Waals surface area contributed by atoms with Crippen molar-refractivity contribution in [2.45, 2.75) is 107 Å². The number of carbonyl (C=O) groups excluding carboxylic acids is 2. The van der Waals surface area contributed by atoms with E-state index in [4.69, 9.17) is 4.74 Å². The molecular weight excluding hydrogens is 452 g/mol. The second kappa shape index (κ2) is 9.88. The maximum absolute atomic E-state index is 13.3. The van der Waals surface area contributed by atoms with Crippen LogP contribution in [0.2, 0.25) is 0 Å². The Hall–Kier alpha value is -2.28. The van der Waals surface area contributed by atoms with Crippen molar-refractivity contribution in [3.63, 3.8) is 0 Å². The highest BCUT2D eigenvalue weighted by molar-refractivity contribution is 5.75. The van der Waals surface area contributed by atoms with Crippen LogP contribution in [0.4, 0.5) is 9.59 Å². The summed E-state index contributed by atoms with van der Waals surface area (Å²) in [5.41, 5.74) is 2.83. The number of nitrogens with one attached hydrogen (secondary N) is 1. The molecule has 36 heavy (non-hydrogen) atoms. The Morgan fingerprint density at radius 1 is 1.00 bits per heavy atom. The van der Waals surface area contributed by atoms with E-state index in [1.165, 1.54) is 24.0 Å². The van der Waals surface area contributed by atoms with Crippen molar-refractivity contribution in [2.24, 2.45) is 0 Å². The number of fused-ring (bicyclic) bond motifs is 4. The number of piperidine rings is 2. The number of urea groups is 1. The van der Waals surface area contributed by atoms with Crippen LogP contribution in [-0.2, 0) is 16.7 Å². The lowest BCUT2D eigenvalue weighted by Gasteiger charge is -2.51. The number of likely N-dealkylation sites (tertiary alicyclic amines) is 1. The van der Waals surface area contributed by atoms with E-state index < -0.39 is 0 Å². The molecule has 6 rings (SSSR count). The molecule has 1 aromatic rings. The number of hydrogen-bond donors (Lipinski definition) is 1. The van der Waals surface area contributed by atoms with Gasteiger partial charge in [0.15, 0.2) is 0 Å². The number of carbonyl (C=O) groups is 2. The molecule has 196 valence electrons. The standard InChI is InChI=1S/C29H42N4O3/c1-2-36-28(35)33-23-11-12-24(33)18-25(17-23)31-15-13-29(14-16-31)20-32(19-21-7-3-6-10-26(21)29)27(34)30-22-8-4-5-9-22/h3,6-7,10,22-25H,2,4-5,8-9,11-20H2,1H3,(H,30,34). The summed E-state index contributed by atoms with van der Waals surface area (Å²) in [6.45, 7) is 6.01. The predicted octanol–water partition coefficient (Wildman–Crippen LogP) is 4.64. The molecule has 3 amide bonds. The Balaban J connectivity index is 1.13. The van der Waals surface area contributed by atoms with Crippen LogP contribution >= 0.6 is 0 Å². The minimum Gasteiger partial charge on any atom is -0.450 e. The van der Waals surface area contributed by atoms with Crippen molar-refractivity contribution in [2.75, 3.05) is 26.2 Å². The molecule has 3 saturated heterocycles. The van der Waals surface area contributed by atoms with Gasteiger partial charge in [-0.2, -0.15) is 0 Å². The van der Waals surface area contributed by atoms with Crippen molar-refractivity contribution in [1.82, 2.24) is 20.0 Å². The molecule has 0 radical (unpaired) electrons. The van der Waals surface area contributed by atoms with E-state index in [1.54, 1.807) is 0 Å². The molecule has 4 aliphatic heterocycles. The number of amides is 3. The molecule has 1 N–H and O–H groups in total. The van der Waals surface area contributed by atoms with E-state index >= 15 is 0 Å². The van der Waals surface area contributed by atoms with Crippen LogP contribution in [0, 0.1) is 0 Å². The zero-order chi connectivity index (χ0) is 24.7. The Bertz CT molecular complexity index is 955. The first-order chi connectivity index (χ1) is 17.6. The van der Waals surface area contributed by atoms with Crippen molar-refractivity contribution < 1.29 is 14.3 Å². The monoisotopic (exact) mass is 494 g/mol. The predicted molar refractivity (Wildman–Crippen MR) is 139 cm³/mol. The summed E-state index contributed by atoms with van der Waals surface area (Å²) >= 11 is 0. The van der Waals surface area contributed by atoms with E-state index in [0.29, 0.717) is 30.8 Å². The molecule has 7 nitrogen and oxygen atoms in total. The Morgan fingerprint density at radius 3 is 2.39 bits per heavy atom. The highest BCUT2D eigenvalue weighted by Crippen LogP contribution is 2.44. The topological polar surface area (TPSA) is 65.1 Å². The fraction of sp³-hybridized carbons (Fsp3) is 0.724. The van der Waals surface area contributed by atoms with E-state index in [0.717, 1.165) is 77.5 Å². The average molecular weight is 495 g/mol. The number of rotatable bonds is 3. The summed E-state index contributed by atoms with van der Waals surface area (Å²) in [4.78, 5) is 32.6. The Morgan fingerprint density at radius 2 is 1.69 bits per heavy atom. The number of ether oxygens (including phenoxy) is 1. The highest BCUT2D eigenvalue weighted by atomic mass is 16.6. The Labute approximate surface area is 215 Å². The molecular formula is C29H42N4O3. The van der Waals surface area contributed by atoms with Crippen LogP contribution in [0.5, 0.6) is 0 Å². The highest BCUT2D eigenvalue weighted by Gasteiger charge is 2.48. The lowest BCUT2D eigenvalue weighted by atomic mass is 9.68. The van der Waals surface area contributed by atoms with Crippen molar-refractivity contribution in [1.29, 1.82) is 0 Å². The van der Waals surface area contributed by atoms with E-state index in [1.807, 2.05) is 11.8 Å². The van der Waals surface area contributed by atoms with Crippen molar-refractivity contribution >= 4 is 12.1 Å². The van der Waals surface area contributed by atoms with Crippen LogP contribution in [0.25, 0.3) is 0 Å². The zero-order valence-electron chi connectivity index (χ0n) is 21.8. The third-order valence-corrected chi connectivity index (χ3v) is 9.87. The second-order valence-electron chi connectivity index (χ2n) is 11.9. The first-order valence-electron chi connectivity index (χ1n) is 14.4. The largest absolute Gasteiger partial charge is 0.450 e. The minimum atomic E-state index is -0.115. The molecule has 2 atom stereocenters. The van der Waals surface area contributed by atoms with E-state index in [-0.39, 0.29) is 17.5 Å². The van der Waals surface area contributed by atoms with Gasteiger partial charge in [-0.05, 0) is 82.5 Å². The molecule has 7 heteroatoms. The van der Waals surface area contributed by atoms with Crippen LogP contribution in [-0.4, -0.2) is 77.2 Å². The van der Waals surface area contributed by atoms with Gasteiger partial charge in [-0.1, -0.05) is 37.1 Å². The average Bonchev–Trinajstić information content (AvgIpc) is 3.49. The third kappa shape index (κ3) is 4.37. The van der Waals surface area contributed by atoms with Crippen LogP contribution < -0.4 is 5.32 Å². The molecule has 5 aliphatic rings. The van der Waals surface area contributed by atoms with Crippen LogP contribution in [0.15, 0.2) is 24.3 Å². The summed E-state index contributed by atoms with van der Waals surface area (Å²) in [6, 6.07) is 10.5. The SMILES string of the molecule is CCOC(=O)N1C2CCC1CC(N1CCC3(CC1)CN(C(=O)NC1CCCC1)Cc1ccccc13)C2. The molecule has 1 aliphatic carbocycles. The number of hydrogen-bond acceptors (Lipinski definition) is 4. The molecule has 4 fully saturated rings. The van der Waals surface area contributed by atoms with Gasteiger partial charge in [0, 0.05) is 42.7 Å². The molecule has 1 saturated carbocycles. The Kier molecular flexibility index (Phi) is 6.61. The fourth-order valence-corrected chi connectivity index (χ4v) is 8.05. The molecule has 1 spiro atoms. The molecule has 0 aromatic heterocycles. The van der Waals surface area contributed by atoms with Gasteiger partial charge in [-0.3, -0.25) is 0 Å². The zero-order valence-corrected chi connectivity index (χ0v) is 21.8. The van der Waals surface area contributed by atoms with Crippen molar-refractivity contribution in [3.8, 4) is 0 Å². The van der Waals surface area contributed by atoms with E-state index in [9.17, 15) is 9.59 Å². The fourth-order valence-electron chi connectivity index (χ4n) is 8.05. The summed E-state index contributed by atoms with van der Waals surface area (Å²) in [7, 11) is 0. The number of benzene rings is 1. The van der Waals surface area contributed by atoms with Gasteiger partial charge in [0.1, 0.15) is 0 Å². The minimum absolute atomic E-state index is 0.0446. The lowest BCUT2D eigenvalue weighted by Crippen LogP contribution is -2.58. The second-order valence-corrected chi connectivity index (χ2v) is 11.9. The lowest BCUT2D eigenvalue weighted by molar-refractivity contribution is 0.0219. The summed E-state index contributed by atoms with van der Waals surface area (Å²) in [5, 5.41) is 3.33. The maximum Gasteiger partial charge on any atom is 0.410 e. The normalized spacial score (nSPS) is 29.9. The van der Waals surface area contributed by atoms with Gasteiger partial charge in [0.05, 0.1) is 6.61 Å². The van der Waals surface area contributed by atoms with Gasteiger partial charge in [-0.25, -0.2) is 9.59 Å². The van der Waals surface area contributed by atoms with Gasteiger partial charge in [0.2, 0.25) is 0 Å². The summed E-state index contributed by atoms with van der Waals surface area (Å²) in [5.74, 6) is 0. The van der Waals surface area contributed by atoms with Crippen LogP contribution in [0.3, 0.4) is 0 Å². The first-order valence-corrected chi connectivity index (χ1v) is 14.4. The third-order valence-electron chi connectivity index (χ3n) is 9.87. The quantitative estimate of drug-likeness (QED) is 0.665. The van der Waals surface area contributed by atoms with E-state index in [2.05, 4.69) is 39.4 Å². The van der Waals surface area contributed by atoms with Gasteiger partial charge in [0.25, 0.3) is 0 Å². The van der Waals surface area contributed by atoms with Crippen LogP contribution in [0.1, 0.15) is 82.3 Å². The van der Waals surface area contributed by atoms with Gasteiger partial charge in [-0.15, -0.1) is 0 Å². The van der Waals surface area contributed by atoms with Gasteiger partial charge < -0.3 is 24.8 Å². The first kappa shape index (κ1) is 24.1. The summed E-state index contributed by atoms with van der Waals surface area (Å²) < 4.78 is 5.36.